The highest BCUT2D eigenvalue weighted by atomic mass is 32.1. The molecule has 0 atom stereocenters. The fourth-order valence-electron chi connectivity index (χ4n) is 3.11. The quantitative estimate of drug-likeness (QED) is 0.732. The van der Waals surface area contributed by atoms with Gasteiger partial charge in [-0.15, -0.1) is 11.3 Å². The van der Waals surface area contributed by atoms with Gasteiger partial charge in [-0.2, -0.15) is 0 Å². The number of methoxy groups -OCH3 is 1. The van der Waals surface area contributed by atoms with E-state index in [0.717, 1.165) is 53.6 Å². The summed E-state index contributed by atoms with van der Waals surface area (Å²) in [6, 6.07) is 7.87. The molecule has 124 valence electrons. The van der Waals surface area contributed by atoms with Gasteiger partial charge in [0.25, 0.3) is 0 Å². The molecule has 3 heterocycles. The standard InChI is InChI=1S/C18H19N3O2S/c1-23-15-6-4-5-13(9-15)16-11-21-14(12-24-18(21)19-16)10-17(22)20-7-2-3-8-20/h4-6,9,11-12H,2-3,7-8,10H2,1H3. The molecule has 1 amide bonds. The molecule has 1 aliphatic heterocycles. The number of imidazole rings is 1. The van der Waals surface area contributed by atoms with E-state index in [4.69, 9.17) is 4.74 Å². The first-order chi connectivity index (χ1) is 11.7. The van der Waals surface area contributed by atoms with Gasteiger partial charge in [0.2, 0.25) is 5.91 Å². The zero-order valence-electron chi connectivity index (χ0n) is 13.6. The zero-order valence-corrected chi connectivity index (χ0v) is 14.4. The van der Waals surface area contributed by atoms with Gasteiger partial charge in [0.05, 0.1) is 19.2 Å². The summed E-state index contributed by atoms with van der Waals surface area (Å²) in [6.07, 6.45) is 4.69. The van der Waals surface area contributed by atoms with E-state index < -0.39 is 0 Å². The van der Waals surface area contributed by atoms with Gasteiger partial charge in [-0.1, -0.05) is 12.1 Å². The fourth-order valence-corrected chi connectivity index (χ4v) is 3.98. The second-order valence-corrected chi connectivity index (χ2v) is 6.84. The van der Waals surface area contributed by atoms with Crippen molar-refractivity contribution in [3.05, 3.63) is 41.5 Å². The monoisotopic (exact) mass is 341 g/mol. The molecule has 0 N–H and O–H groups in total. The third-order valence-corrected chi connectivity index (χ3v) is 5.33. The van der Waals surface area contributed by atoms with Crippen LogP contribution in [-0.2, 0) is 11.2 Å². The zero-order chi connectivity index (χ0) is 16.5. The molecule has 5 nitrogen and oxygen atoms in total. The van der Waals surface area contributed by atoms with Crippen LogP contribution >= 0.6 is 11.3 Å². The van der Waals surface area contributed by atoms with Gasteiger partial charge >= 0.3 is 0 Å². The van der Waals surface area contributed by atoms with E-state index in [1.165, 1.54) is 0 Å². The average molecular weight is 341 g/mol. The molecule has 1 fully saturated rings. The second-order valence-electron chi connectivity index (χ2n) is 6.00. The summed E-state index contributed by atoms with van der Waals surface area (Å²) < 4.78 is 7.32. The summed E-state index contributed by atoms with van der Waals surface area (Å²) in [4.78, 5) is 20.0. The van der Waals surface area contributed by atoms with Crippen molar-refractivity contribution in [2.24, 2.45) is 0 Å². The summed E-state index contributed by atoms with van der Waals surface area (Å²) in [6.45, 7) is 1.79. The molecule has 0 saturated carbocycles. The number of thiazole rings is 1. The maximum atomic E-state index is 12.4. The van der Waals surface area contributed by atoms with E-state index >= 15 is 0 Å². The van der Waals surface area contributed by atoms with E-state index in [-0.39, 0.29) is 5.91 Å². The van der Waals surface area contributed by atoms with Crippen molar-refractivity contribution in [2.75, 3.05) is 20.2 Å². The first-order valence-corrected chi connectivity index (χ1v) is 9.00. The molecule has 0 aliphatic carbocycles. The number of aromatic nitrogens is 2. The normalized spacial score (nSPS) is 14.5. The lowest BCUT2D eigenvalue weighted by Crippen LogP contribution is -2.29. The number of likely N-dealkylation sites (tertiary alicyclic amines) is 1. The van der Waals surface area contributed by atoms with Crippen LogP contribution in [0.3, 0.4) is 0 Å². The van der Waals surface area contributed by atoms with Gasteiger partial charge in [-0.25, -0.2) is 4.98 Å². The van der Waals surface area contributed by atoms with Crippen molar-refractivity contribution < 1.29 is 9.53 Å². The van der Waals surface area contributed by atoms with Crippen molar-refractivity contribution >= 4 is 22.2 Å². The number of hydrogen-bond acceptors (Lipinski definition) is 4. The second kappa shape index (κ2) is 6.28. The molecular weight excluding hydrogens is 322 g/mol. The third kappa shape index (κ3) is 2.78. The molecule has 0 bridgehead atoms. The van der Waals surface area contributed by atoms with Gasteiger partial charge in [0.15, 0.2) is 4.96 Å². The van der Waals surface area contributed by atoms with E-state index in [1.807, 2.05) is 45.1 Å². The predicted octanol–water partition coefficient (Wildman–Crippen LogP) is 3.24. The van der Waals surface area contributed by atoms with Crippen LogP contribution in [0, 0.1) is 0 Å². The lowest BCUT2D eigenvalue weighted by atomic mass is 10.1. The minimum absolute atomic E-state index is 0.212. The van der Waals surface area contributed by atoms with E-state index in [1.54, 1.807) is 18.4 Å². The minimum atomic E-state index is 0.212. The fraction of sp³-hybridized carbons (Fsp3) is 0.333. The minimum Gasteiger partial charge on any atom is -0.497 e. The van der Waals surface area contributed by atoms with Crippen molar-refractivity contribution in [1.29, 1.82) is 0 Å². The van der Waals surface area contributed by atoms with Crippen LogP contribution in [0.2, 0.25) is 0 Å². The number of carbonyl (C=O) groups is 1. The summed E-state index contributed by atoms with van der Waals surface area (Å²) >= 11 is 1.57. The largest absolute Gasteiger partial charge is 0.497 e. The lowest BCUT2D eigenvalue weighted by molar-refractivity contribution is -0.129. The number of fused-ring (bicyclic) bond motifs is 1. The van der Waals surface area contributed by atoms with Crippen LogP contribution in [-0.4, -0.2) is 40.4 Å². The topological polar surface area (TPSA) is 46.8 Å². The smallest absolute Gasteiger partial charge is 0.228 e. The molecule has 4 rings (SSSR count). The van der Waals surface area contributed by atoms with Crippen molar-refractivity contribution in [3.8, 4) is 17.0 Å². The number of hydrogen-bond donors (Lipinski definition) is 0. The Morgan fingerprint density at radius 1 is 1.33 bits per heavy atom. The highest BCUT2D eigenvalue weighted by molar-refractivity contribution is 7.15. The Bertz CT molecular complexity index is 877. The number of amides is 1. The Morgan fingerprint density at radius 2 is 2.17 bits per heavy atom. The maximum Gasteiger partial charge on any atom is 0.228 e. The molecule has 3 aromatic rings. The number of nitrogens with zero attached hydrogens (tertiary/aromatic N) is 3. The molecule has 1 saturated heterocycles. The van der Waals surface area contributed by atoms with E-state index in [9.17, 15) is 4.79 Å². The van der Waals surface area contributed by atoms with Crippen LogP contribution in [0.1, 0.15) is 18.5 Å². The van der Waals surface area contributed by atoms with Gasteiger partial charge in [-0.3, -0.25) is 9.20 Å². The third-order valence-electron chi connectivity index (χ3n) is 4.44. The van der Waals surface area contributed by atoms with Gasteiger partial charge in [0, 0.05) is 35.9 Å². The van der Waals surface area contributed by atoms with Gasteiger partial charge in [0.1, 0.15) is 5.75 Å². The summed E-state index contributed by atoms with van der Waals surface area (Å²) in [5.74, 6) is 1.03. The molecule has 1 aliphatic rings. The van der Waals surface area contributed by atoms with E-state index in [0.29, 0.717) is 6.42 Å². The number of rotatable bonds is 4. The molecule has 2 aromatic heterocycles. The Kier molecular flexibility index (Phi) is 3.98. The molecule has 0 radical (unpaired) electrons. The Morgan fingerprint density at radius 3 is 2.96 bits per heavy atom. The van der Waals surface area contributed by atoms with E-state index in [2.05, 4.69) is 4.98 Å². The van der Waals surface area contributed by atoms with Crippen LogP contribution in [0.25, 0.3) is 16.2 Å². The predicted molar refractivity (Wildman–Crippen MR) is 94.6 cm³/mol. The highest BCUT2D eigenvalue weighted by Crippen LogP contribution is 2.26. The summed E-state index contributed by atoms with van der Waals surface area (Å²) in [5.41, 5.74) is 2.92. The van der Waals surface area contributed by atoms with Crippen LogP contribution in [0.5, 0.6) is 5.75 Å². The van der Waals surface area contributed by atoms with Crippen LogP contribution < -0.4 is 4.74 Å². The molecule has 0 unspecified atom stereocenters. The first kappa shape index (κ1) is 15.2. The van der Waals surface area contributed by atoms with Gasteiger partial charge < -0.3 is 9.64 Å². The lowest BCUT2D eigenvalue weighted by Gasteiger charge is -2.14. The Balaban J connectivity index is 1.62. The summed E-state index contributed by atoms with van der Waals surface area (Å²) in [7, 11) is 1.66. The molecular formula is C18H19N3O2S. The SMILES string of the molecule is COc1cccc(-c2cn3c(CC(=O)N4CCCC4)csc3n2)c1. The van der Waals surface area contributed by atoms with Crippen LogP contribution in [0.15, 0.2) is 35.8 Å². The summed E-state index contributed by atoms with van der Waals surface area (Å²) in [5, 5.41) is 2.03. The van der Waals surface area contributed by atoms with Gasteiger partial charge in [-0.05, 0) is 25.0 Å². The number of carbonyl (C=O) groups excluding carboxylic acids is 1. The highest BCUT2D eigenvalue weighted by Gasteiger charge is 2.20. The number of benzene rings is 1. The number of ether oxygens (including phenoxy) is 1. The Hall–Kier alpha value is -2.34. The van der Waals surface area contributed by atoms with Crippen LogP contribution in [0.4, 0.5) is 0 Å². The maximum absolute atomic E-state index is 12.4. The Labute approximate surface area is 144 Å². The van der Waals surface area contributed by atoms with Crippen molar-refractivity contribution in [1.82, 2.24) is 14.3 Å². The molecule has 1 aromatic carbocycles. The molecule has 24 heavy (non-hydrogen) atoms. The molecule has 0 spiro atoms. The van der Waals surface area contributed by atoms with Crippen molar-refractivity contribution in [3.63, 3.8) is 0 Å². The average Bonchev–Trinajstić information content (AvgIpc) is 3.33. The van der Waals surface area contributed by atoms with Crippen molar-refractivity contribution in [2.45, 2.75) is 19.3 Å². The molecule has 6 heteroatoms. The first-order valence-electron chi connectivity index (χ1n) is 8.12.